The third-order valence-corrected chi connectivity index (χ3v) is 17.6. The molecule has 0 saturated carbocycles. The first kappa shape index (κ1) is 36.7. The molecule has 2 nitrogen and oxygen atoms in total. The van der Waals surface area contributed by atoms with Crippen LogP contribution in [0.2, 0.25) is 0 Å². The zero-order valence-electron chi connectivity index (χ0n) is 29.9. The van der Waals surface area contributed by atoms with Gasteiger partial charge in [0.05, 0.1) is 0 Å². The van der Waals surface area contributed by atoms with Gasteiger partial charge in [-0.05, 0) is 0 Å². The second-order valence-corrected chi connectivity index (χ2v) is 20.3. The molecule has 0 unspecified atom stereocenters. The third kappa shape index (κ3) is 7.59. The summed E-state index contributed by atoms with van der Waals surface area (Å²) >= 11 is -5.05. The Kier molecular flexibility index (Phi) is 11.5. The molecule has 0 aliphatic heterocycles. The average molecular weight is 727 g/mol. The molecule has 0 heterocycles. The maximum atomic E-state index is 17.8. The molecule has 51 heavy (non-hydrogen) atoms. The van der Waals surface area contributed by atoms with Gasteiger partial charge in [0.2, 0.25) is 0 Å². The van der Waals surface area contributed by atoms with E-state index in [4.69, 9.17) is 0 Å². The Balaban J connectivity index is 1.63. The fourth-order valence-corrected chi connectivity index (χ4v) is 15.9. The molecule has 0 amide bonds. The van der Waals surface area contributed by atoms with E-state index in [1.165, 1.54) is 24.3 Å². The van der Waals surface area contributed by atoms with Gasteiger partial charge in [-0.3, -0.25) is 0 Å². The molecule has 7 heteroatoms. The maximum absolute atomic E-state index is 17.8. The van der Waals surface area contributed by atoms with Crippen LogP contribution in [-0.4, -0.2) is 13.1 Å². The molecule has 2 aliphatic carbocycles. The van der Waals surface area contributed by atoms with Gasteiger partial charge >= 0.3 is 305 Å². The molecular formula is C44H46F4N2Ti. The predicted molar refractivity (Wildman–Crippen MR) is 200 cm³/mol. The SMILES string of the molecule is CC(C)CN(Cc1ccccc1)c1ccc(F)[c]([Ti]([C]2=CC=CC2)([C]2=CC=CC2)[c]2c(F)ccc(N(Cc3ccccc3)CC(C)C)c2F)c1F. The van der Waals surface area contributed by atoms with Gasteiger partial charge in [0.25, 0.3) is 0 Å². The van der Waals surface area contributed by atoms with Gasteiger partial charge in [0.15, 0.2) is 0 Å². The number of halogens is 4. The Labute approximate surface area is 303 Å². The Morgan fingerprint density at radius 2 is 0.941 bits per heavy atom. The van der Waals surface area contributed by atoms with E-state index in [-0.39, 0.29) is 30.9 Å². The number of benzene rings is 4. The van der Waals surface area contributed by atoms with E-state index < -0.39 is 39.9 Å². The van der Waals surface area contributed by atoms with Crippen molar-refractivity contribution in [1.82, 2.24) is 0 Å². The molecule has 0 bridgehead atoms. The van der Waals surface area contributed by atoms with E-state index in [1.807, 2.05) is 107 Å². The van der Waals surface area contributed by atoms with Crippen LogP contribution in [0.3, 0.4) is 0 Å². The van der Waals surface area contributed by atoms with Gasteiger partial charge in [0, 0.05) is 0 Å². The second kappa shape index (κ2) is 16.0. The van der Waals surface area contributed by atoms with E-state index in [2.05, 4.69) is 27.7 Å². The molecule has 0 N–H and O–H groups in total. The van der Waals surface area contributed by atoms with Crippen molar-refractivity contribution >= 4 is 19.1 Å². The van der Waals surface area contributed by atoms with E-state index in [0.29, 0.717) is 46.8 Å². The third-order valence-electron chi connectivity index (χ3n) is 9.68. The summed E-state index contributed by atoms with van der Waals surface area (Å²) in [6, 6.07) is 25.1. The van der Waals surface area contributed by atoms with E-state index in [0.717, 1.165) is 11.1 Å². The van der Waals surface area contributed by atoms with Gasteiger partial charge in [-0.25, -0.2) is 0 Å². The van der Waals surface area contributed by atoms with Gasteiger partial charge in [-0.2, -0.15) is 0 Å². The Morgan fingerprint density at radius 1 is 0.549 bits per heavy atom. The normalized spacial score (nSPS) is 14.1. The standard InChI is InChI=1S/2C17H18F2N.2C5H5.Ti/c2*1-13(2)11-20(12-14-6-4-3-5-7-14)17-9-8-15(18)10-16(17)19;2*1-2-4-5-3-1;/h2*3-9,13H,11-12H2,1-2H3;2*1-3H,4H2;. The summed E-state index contributed by atoms with van der Waals surface area (Å²) in [5, 5.41) is 0. The quantitative estimate of drug-likeness (QED) is 0.0943. The second-order valence-electron chi connectivity index (χ2n) is 14.4. The summed E-state index contributed by atoms with van der Waals surface area (Å²) in [4.78, 5) is 3.86. The molecule has 4 aromatic rings. The van der Waals surface area contributed by atoms with Crippen LogP contribution >= 0.6 is 0 Å². The monoisotopic (exact) mass is 726 g/mol. The van der Waals surface area contributed by atoms with Gasteiger partial charge in [-0.15, -0.1) is 0 Å². The van der Waals surface area contributed by atoms with Crippen molar-refractivity contribution in [2.45, 2.75) is 53.6 Å². The molecule has 0 aromatic heterocycles. The molecule has 0 radical (unpaired) electrons. The van der Waals surface area contributed by atoms with Crippen molar-refractivity contribution in [3.05, 3.63) is 164 Å². The summed E-state index contributed by atoms with van der Waals surface area (Å²) in [5.74, 6) is -2.68. The van der Waals surface area contributed by atoms with Crippen LogP contribution in [0.5, 0.6) is 0 Å². The van der Waals surface area contributed by atoms with Crippen LogP contribution in [0.1, 0.15) is 51.7 Å². The Morgan fingerprint density at radius 3 is 1.27 bits per heavy atom. The van der Waals surface area contributed by atoms with Gasteiger partial charge in [-0.1, -0.05) is 0 Å². The summed E-state index contributed by atoms with van der Waals surface area (Å²) in [7, 11) is 0. The zero-order valence-corrected chi connectivity index (χ0v) is 31.4. The number of nitrogens with zero attached hydrogens (tertiary/aromatic N) is 2. The molecule has 0 spiro atoms. The molecule has 2 aliphatic rings. The van der Waals surface area contributed by atoms with Gasteiger partial charge in [0.1, 0.15) is 0 Å². The van der Waals surface area contributed by atoms with Crippen LogP contribution in [0, 0.1) is 35.1 Å². The van der Waals surface area contributed by atoms with Crippen LogP contribution in [-0.2, 0) is 29.7 Å². The molecule has 0 atom stereocenters. The average Bonchev–Trinajstić information content (AvgIpc) is 3.84. The van der Waals surface area contributed by atoms with Crippen molar-refractivity contribution in [1.29, 1.82) is 0 Å². The predicted octanol–water partition coefficient (Wildman–Crippen LogP) is 10.4. The van der Waals surface area contributed by atoms with E-state index in [1.54, 1.807) is 0 Å². The number of anilines is 2. The molecule has 0 fully saturated rings. The number of rotatable bonds is 14. The first-order valence-electron chi connectivity index (χ1n) is 17.9. The van der Waals surface area contributed by atoms with Crippen LogP contribution in [0.4, 0.5) is 28.9 Å². The molecule has 6 rings (SSSR count). The van der Waals surface area contributed by atoms with Crippen LogP contribution in [0.15, 0.2) is 129 Å². The molecule has 0 saturated heterocycles. The molecule has 4 aromatic carbocycles. The van der Waals surface area contributed by atoms with Crippen molar-refractivity contribution in [3.63, 3.8) is 0 Å². The first-order chi connectivity index (χ1) is 24.6. The first-order valence-corrected chi connectivity index (χ1v) is 21.0. The van der Waals surface area contributed by atoms with Crippen molar-refractivity contribution in [3.8, 4) is 0 Å². The number of hydrogen-bond donors (Lipinski definition) is 0. The topological polar surface area (TPSA) is 6.48 Å². The molecular weight excluding hydrogens is 680 g/mol. The van der Waals surface area contributed by atoms with E-state index >= 15 is 17.6 Å². The van der Waals surface area contributed by atoms with Crippen LogP contribution < -0.4 is 17.5 Å². The zero-order chi connectivity index (χ0) is 36.1. The van der Waals surface area contributed by atoms with E-state index in [9.17, 15) is 0 Å². The Hall–Kier alpha value is -4.13. The summed E-state index contributed by atoms with van der Waals surface area (Å²) in [6.07, 6.45) is 11.9. The summed E-state index contributed by atoms with van der Waals surface area (Å²) in [5.41, 5.74) is 2.43. The molecule has 264 valence electrons. The summed E-state index contributed by atoms with van der Waals surface area (Å²) < 4.78 is 70.5. The van der Waals surface area contributed by atoms with Crippen LogP contribution in [0.25, 0.3) is 0 Å². The minimum atomic E-state index is -5.05. The summed E-state index contributed by atoms with van der Waals surface area (Å²) in [6.45, 7) is 10.0. The van der Waals surface area contributed by atoms with Crippen molar-refractivity contribution in [2.24, 2.45) is 11.8 Å². The number of hydrogen-bond acceptors (Lipinski definition) is 2. The number of allylic oxidation sites excluding steroid dienone is 8. The Bertz CT molecular complexity index is 1820. The van der Waals surface area contributed by atoms with Gasteiger partial charge < -0.3 is 0 Å². The van der Waals surface area contributed by atoms with Crippen molar-refractivity contribution < 1.29 is 34.2 Å². The fourth-order valence-electron chi connectivity index (χ4n) is 7.67. The van der Waals surface area contributed by atoms with Crippen molar-refractivity contribution in [2.75, 3.05) is 22.9 Å². The minimum absolute atomic E-state index is 0.166. The fraction of sp³-hybridized carbons (Fsp3) is 0.273.